The minimum atomic E-state index is -3.26. The first-order valence-electron chi connectivity index (χ1n) is 7.55. The van der Waals surface area contributed by atoms with Crippen molar-refractivity contribution in [2.24, 2.45) is 0 Å². The Hall–Kier alpha value is -2.89. The minimum absolute atomic E-state index is 0.0613. The van der Waals surface area contributed by atoms with Crippen molar-refractivity contribution in [3.63, 3.8) is 0 Å². The van der Waals surface area contributed by atoms with Crippen LogP contribution in [0.3, 0.4) is 0 Å². The molecule has 1 amide bonds. The van der Waals surface area contributed by atoms with E-state index in [9.17, 15) is 32.5 Å². The van der Waals surface area contributed by atoms with Crippen molar-refractivity contribution in [3.8, 4) is 5.75 Å². The number of hydrogen-bond donors (Lipinski definition) is 1. The molecule has 0 bridgehead atoms. The molecule has 28 heavy (non-hydrogen) atoms. The highest BCUT2D eigenvalue weighted by Gasteiger charge is 2.32. The number of rotatable bonds is 7. The average molecular weight is 425 g/mol. The predicted octanol–water partition coefficient (Wildman–Crippen LogP) is 4.53. The van der Waals surface area contributed by atoms with Crippen molar-refractivity contribution in [2.75, 3.05) is 12.4 Å². The molecule has 0 spiro atoms. The lowest BCUT2D eigenvalue weighted by Crippen LogP contribution is -2.26. The number of nitro groups is 1. The molecular weight excluding hydrogens is 412 g/mol. The smallest absolute Gasteiger partial charge is 0.283 e. The number of anilines is 1. The van der Waals surface area contributed by atoms with Crippen LogP contribution in [0.2, 0.25) is 5.02 Å². The van der Waals surface area contributed by atoms with E-state index in [0.717, 1.165) is 19.1 Å². The summed E-state index contributed by atoms with van der Waals surface area (Å²) in [5.41, 5.74) is -2.56. The zero-order valence-electron chi connectivity index (χ0n) is 14.3. The van der Waals surface area contributed by atoms with Crippen LogP contribution in [-0.2, 0) is 4.79 Å². The number of nitrogens with zero attached hydrogens (tertiary/aromatic N) is 3. The Labute approximate surface area is 160 Å². The third-order valence-electron chi connectivity index (χ3n) is 3.68. The zero-order valence-corrected chi connectivity index (χ0v) is 15.1. The monoisotopic (exact) mass is 424 g/mol. The quantitative estimate of drug-likeness (QED) is 0.400. The van der Waals surface area contributed by atoms with Gasteiger partial charge in [-0.05, 0) is 6.92 Å². The summed E-state index contributed by atoms with van der Waals surface area (Å²) in [5.74, 6) is -0.878. The van der Waals surface area contributed by atoms with E-state index in [4.69, 9.17) is 16.3 Å². The van der Waals surface area contributed by atoms with Crippen LogP contribution in [-0.4, -0.2) is 27.7 Å². The second kappa shape index (κ2) is 8.42. The Morgan fingerprint density at radius 1 is 1.29 bits per heavy atom. The van der Waals surface area contributed by atoms with Crippen molar-refractivity contribution in [1.82, 2.24) is 9.78 Å². The number of aromatic nitrogens is 2. The Morgan fingerprint density at radius 3 is 2.43 bits per heavy atom. The molecule has 0 aliphatic heterocycles. The van der Waals surface area contributed by atoms with E-state index in [0.29, 0.717) is 4.68 Å². The third-order valence-corrected chi connectivity index (χ3v) is 4.06. The number of nitrogens with one attached hydrogen (secondary N) is 1. The molecule has 0 saturated heterocycles. The molecule has 1 aromatic heterocycles. The van der Waals surface area contributed by atoms with Crippen LogP contribution in [0.4, 0.5) is 28.9 Å². The fourth-order valence-corrected chi connectivity index (χ4v) is 2.60. The van der Waals surface area contributed by atoms with Gasteiger partial charge in [-0.3, -0.25) is 14.9 Å². The molecule has 0 radical (unpaired) electrons. The van der Waals surface area contributed by atoms with Gasteiger partial charge in [-0.1, -0.05) is 11.6 Å². The molecule has 1 heterocycles. The SMILES string of the molecule is COc1cc(NC(=O)C(C)n2nc(C(F)F)c(Cl)c2C(F)F)cc([N+](=O)[O-])c1. The van der Waals surface area contributed by atoms with Crippen molar-refractivity contribution in [1.29, 1.82) is 0 Å². The van der Waals surface area contributed by atoms with Gasteiger partial charge in [0.25, 0.3) is 18.5 Å². The van der Waals surface area contributed by atoms with E-state index >= 15 is 0 Å². The van der Waals surface area contributed by atoms with Crippen LogP contribution < -0.4 is 10.1 Å². The lowest BCUT2D eigenvalue weighted by atomic mass is 10.2. The van der Waals surface area contributed by atoms with Gasteiger partial charge in [0.1, 0.15) is 23.2 Å². The summed E-state index contributed by atoms with van der Waals surface area (Å²) in [6.45, 7) is 1.13. The highest BCUT2D eigenvalue weighted by atomic mass is 35.5. The first-order chi connectivity index (χ1) is 13.1. The molecule has 1 atom stereocenters. The van der Waals surface area contributed by atoms with E-state index < -0.39 is 51.8 Å². The standard InChI is InChI=1S/C15H13ClF4N4O4/c1-6(23-12(14(19)20)10(16)11(22-23)13(17)18)15(25)21-7-3-8(24(26)27)5-9(4-7)28-2/h3-6,13-14H,1-2H3,(H,21,25). The van der Waals surface area contributed by atoms with Crippen LogP contribution in [0, 0.1) is 10.1 Å². The minimum Gasteiger partial charge on any atom is -0.496 e. The number of non-ortho nitro benzene ring substituents is 1. The summed E-state index contributed by atoms with van der Waals surface area (Å²) in [6, 6.07) is 1.91. The van der Waals surface area contributed by atoms with Crippen LogP contribution in [0.15, 0.2) is 18.2 Å². The number of amides is 1. The van der Waals surface area contributed by atoms with Gasteiger partial charge in [-0.25, -0.2) is 22.2 Å². The van der Waals surface area contributed by atoms with Gasteiger partial charge in [-0.15, -0.1) is 0 Å². The van der Waals surface area contributed by atoms with Gasteiger partial charge in [0, 0.05) is 12.1 Å². The van der Waals surface area contributed by atoms with E-state index in [-0.39, 0.29) is 11.4 Å². The van der Waals surface area contributed by atoms with Crippen molar-refractivity contribution >= 4 is 28.9 Å². The van der Waals surface area contributed by atoms with Gasteiger partial charge >= 0.3 is 0 Å². The van der Waals surface area contributed by atoms with Crippen LogP contribution in [0.25, 0.3) is 0 Å². The highest BCUT2D eigenvalue weighted by Crippen LogP contribution is 2.36. The molecule has 0 saturated carbocycles. The summed E-state index contributed by atoms with van der Waals surface area (Å²) in [5, 5.41) is 15.6. The summed E-state index contributed by atoms with van der Waals surface area (Å²) < 4.78 is 57.6. The maximum atomic E-state index is 13.2. The molecule has 1 N–H and O–H groups in total. The summed E-state index contributed by atoms with van der Waals surface area (Å²) in [6.07, 6.45) is -6.48. The van der Waals surface area contributed by atoms with Gasteiger partial charge < -0.3 is 10.1 Å². The van der Waals surface area contributed by atoms with Crippen molar-refractivity contribution in [3.05, 3.63) is 44.7 Å². The Bertz CT molecular complexity index is 906. The van der Waals surface area contributed by atoms with E-state index in [1.54, 1.807) is 0 Å². The number of ether oxygens (including phenoxy) is 1. The molecule has 8 nitrogen and oxygen atoms in total. The Balaban J connectivity index is 2.37. The predicted molar refractivity (Wildman–Crippen MR) is 90.1 cm³/mol. The fourth-order valence-electron chi connectivity index (χ4n) is 2.31. The molecule has 2 aromatic rings. The third kappa shape index (κ3) is 4.32. The van der Waals surface area contributed by atoms with Crippen LogP contribution in [0.5, 0.6) is 5.75 Å². The van der Waals surface area contributed by atoms with Crippen LogP contribution >= 0.6 is 11.6 Å². The second-order valence-corrected chi connectivity index (χ2v) is 5.85. The summed E-state index contributed by atoms with van der Waals surface area (Å²) >= 11 is 5.56. The average Bonchev–Trinajstić information content (AvgIpc) is 2.98. The Kier molecular flexibility index (Phi) is 6.44. The molecular formula is C15H13ClF4N4O4. The zero-order chi connectivity index (χ0) is 21.2. The molecule has 13 heteroatoms. The fraction of sp³-hybridized carbons (Fsp3) is 0.333. The Morgan fingerprint density at radius 2 is 1.93 bits per heavy atom. The van der Waals surface area contributed by atoms with E-state index in [1.165, 1.54) is 13.2 Å². The largest absolute Gasteiger partial charge is 0.496 e. The molecule has 0 aliphatic carbocycles. The number of carbonyl (C=O) groups is 1. The number of methoxy groups -OCH3 is 1. The lowest BCUT2D eigenvalue weighted by Gasteiger charge is -2.16. The van der Waals surface area contributed by atoms with Gasteiger partial charge in [0.2, 0.25) is 5.91 Å². The van der Waals surface area contributed by atoms with Gasteiger partial charge in [-0.2, -0.15) is 5.10 Å². The maximum absolute atomic E-state index is 13.2. The molecule has 152 valence electrons. The molecule has 0 fully saturated rings. The molecule has 1 aromatic carbocycles. The normalized spacial score (nSPS) is 12.3. The lowest BCUT2D eigenvalue weighted by molar-refractivity contribution is -0.384. The highest BCUT2D eigenvalue weighted by molar-refractivity contribution is 6.32. The molecule has 1 unspecified atom stereocenters. The number of benzene rings is 1. The number of hydrogen-bond acceptors (Lipinski definition) is 5. The van der Waals surface area contributed by atoms with Crippen LogP contribution in [0.1, 0.15) is 37.2 Å². The first kappa shape index (κ1) is 21.4. The summed E-state index contributed by atoms with van der Waals surface area (Å²) in [4.78, 5) is 22.6. The molecule has 2 rings (SSSR count). The molecule has 0 aliphatic rings. The van der Waals surface area contributed by atoms with E-state index in [2.05, 4.69) is 10.4 Å². The van der Waals surface area contributed by atoms with Gasteiger partial charge in [0.15, 0.2) is 0 Å². The first-order valence-corrected chi connectivity index (χ1v) is 7.93. The van der Waals surface area contributed by atoms with Crippen molar-refractivity contribution < 1.29 is 32.0 Å². The maximum Gasteiger partial charge on any atom is 0.283 e. The van der Waals surface area contributed by atoms with Gasteiger partial charge in [0.05, 0.1) is 28.8 Å². The number of nitro benzene ring substituents is 1. The number of carbonyl (C=O) groups excluding carboxylic acids is 1. The second-order valence-electron chi connectivity index (χ2n) is 5.47. The topological polar surface area (TPSA) is 99.3 Å². The number of alkyl halides is 4. The van der Waals surface area contributed by atoms with Crippen molar-refractivity contribution in [2.45, 2.75) is 25.8 Å². The number of halogens is 5. The summed E-state index contributed by atoms with van der Waals surface area (Å²) in [7, 11) is 1.25. The van der Waals surface area contributed by atoms with E-state index in [1.807, 2.05) is 0 Å².